The summed E-state index contributed by atoms with van der Waals surface area (Å²) in [6.07, 6.45) is 0. The highest BCUT2D eigenvalue weighted by atomic mass is 32.2. The number of nitrogens with two attached hydrogens (primary N) is 1. The molecular weight excluding hydrogens is 241 g/mol. The first-order chi connectivity index (χ1) is 7.90. The van der Waals surface area contributed by atoms with Gasteiger partial charge in [0.1, 0.15) is 5.82 Å². The third kappa shape index (κ3) is 4.33. The van der Waals surface area contributed by atoms with E-state index in [0.29, 0.717) is 6.54 Å². The van der Waals surface area contributed by atoms with E-state index in [9.17, 15) is 9.18 Å². The number of rotatable bonds is 3. The number of carbonyl (C=O) groups excluding carboxylic acids is 1. The van der Waals surface area contributed by atoms with E-state index in [2.05, 4.69) is 4.36 Å². The summed E-state index contributed by atoms with van der Waals surface area (Å²) in [5, 5.41) is 5.64. The van der Waals surface area contributed by atoms with E-state index in [1.54, 1.807) is 12.1 Å². The summed E-state index contributed by atoms with van der Waals surface area (Å²) >= 11 is 0. The second-order valence-electron chi connectivity index (χ2n) is 3.93. The van der Waals surface area contributed by atoms with Gasteiger partial charge in [0, 0.05) is 24.3 Å². The standard InChI is InChI=1S/C11H16FN3OS/c1-8(16)14-17(13)11-5-4-9(6-10(11)12)7-15(2)3/h4-6H,7H2,1-3H3,(H2,13,14,16). The molecule has 2 N–H and O–H groups in total. The maximum absolute atomic E-state index is 13.7. The molecule has 0 radical (unpaired) electrons. The predicted molar refractivity (Wildman–Crippen MR) is 66.7 cm³/mol. The van der Waals surface area contributed by atoms with E-state index in [-0.39, 0.29) is 4.90 Å². The Kier molecular flexibility index (Phi) is 4.92. The van der Waals surface area contributed by atoms with Gasteiger partial charge < -0.3 is 4.90 Å². The molecule has 0 aliphatic heterocycles. The number of nitrogens with zero attached hydrogens (tertiary/aromatic N) is 2. The van der Waals surface area contributed by atoms with Gasteiger partial charge >= 0.3 is 0 Å². The van der Waals surface area contributed by atoms with Crippen LogP contribution in [0.2, 0.25) is 0 Å². The molecular formula is C11H16FN3OS. The van der Waals surface area contributed by atoms with Gasteiger partial charge in [0.2, 0.25) is 5.91 Å². The fraction of sp³-hybridized carbons (Fsp3) is 0.364. The summed E-state index contributed by atoms with van der Waals surface area (Å²) in [4.78, 5) is 13.0. The van der Waals surface area contributed by atoms with E-state index in [4.69, 9.17) is 5.14 Å². The van der Waals surface area contributed by atoms with Gasteiger partial charge in [-0.2, -0.15) is 4.36 Å². The molecule has 17 heavy (non-hydrogen) atoms. The first-order valence-electron chi connectivity index (χ1n) is 5.04. The molecule has 1 unspecified atom stereocenters. The Labute approximate surface area is 103 Å². The average Bonchev–Trinajstić information content (AvgIpc) is 2.14. The van der Waals surface area contributed by atoms with Crippen LogP contribution < -0.4 is 5.14 Å². The molecule has 6 heteroatoms. The molecule has 0 heterocycles. The number of carbonyl (C=O) groups is 1. The number of benzene rings is 1. The average molecular weight is 257 g/mol. The van der Waals surface area contributed by atoms with Gasteiger partial charge in [-0.15, -0.1) is 0 Å². The molecule has 1 rings (SSSR count). The smallest absolute Gasteiger partial charge is 0.249 e. The van der Waals surface area contributed by atoms with Crippen LogP contribution in [0.3, 0.4) is 0 Å². The maximum atomic E-state index is 13.7. The van der Waals surface area contributed by atoms with Gasteiger partial charge in [0.15, 0.2) is 0 Å². The molecule has 0 aromatic heterocycles. The zero-order valence-corrected chi connectivity index (χ0v) is 10.9. The van der Waals surface area contributed by atoms with Crippen LogP contribution >= 0.6 is 0 Å². The Morgan fingerprint density at radius 2 is 2.18 bits per heavy atom. The minimum absolute atomic E-state index is 0.266. The number of hydrogen-bond acceptors (Lipinski definition) is 2. The monoisotopic (exact) mass is 257 g/mol. The molecule has 1 amide bonds. The Hall–Kier alpha value is -1.11. The quantitative estimate of drug-likeness (QED) is 0.892. The lowest BCUT2D eigenvalue weighted by Crippen LogP contribution is -2.12. The van der Waals surface area contributed by atoms with Crippen molar-refractivity contribution in [3.8, 4) is 0 Å². The SMILES string of the molecule is CC(=O)N=S(N)c1ccc(CN(C)C)cc1F. The fourth-order valence-electron chi connectivity index (χ4n) is 1.37. The summed E-state index contributed by atoms with van der Waals surface area (Å²) < 4.78 is 17.4. The summed E-state index contributed by atoms with van der Waals surface area (Å²) in [6, 6.07) is 4.81. The molecule has 1 aromatic rings. The van der Waals surface area contributed by atoms with Crippen LogP contribution in [0.1, 0.15) is 12.5 Å². The lowest BCUT2D eigenvalue weighted by Gasteiger charge is -2.11. The van der Waals surface area contributed by atoms with Gasteiger partial charge in [-0.3, -0.25) is 9.93 Å². The molecule has 1 aromatic carbocycles. The van der Waals surface area contributed by atoms with Crippen LogP contribution in [0.25, 0.3) is 0 Å². The van der Waals surface area contributed by atoms with E-state index in [1.165, 1.54) is 13.0 Å². The number of halogens is 1. The minimum Gasteiger partial charge on any atom is -0.305 e. The topological polar surface area (TPSA) is 58.7 Å². The van der Waals surface area contributed by atoms with Crippen molar-refractivity contribution in [3.05, 3.63) is 29.6 Å². The fourth-order valence-corrected chi connectivity index (χ4v) is 2.21. The summed E-state index contributed by atoms with van der Waals surface area (Å²) in [7, 11) is 2.61. The molecule has 0 saturated heterocycles. The largest absolute Gasteiger partial charge is 0.305 e. The second kappa shape index (κ2) is 6.00. The Morgan fingerprint density at radius 3 is 2.65 bits per heavy atom. The molecule has 0 spiro atoms. The molecule has 0 aliphatic rings. The van der Waals surface area contributed by atoms with Crippen molar-refractivity contribution in [2.75, 3.05) is 14.1 Å². The van der Waals surface area contributed by atoms with E-state index >= 15 is 0 Å². The van der Waals surface area contributed by atoms with Crippen LogP contribution in [0.4, 0.5) is 4.39 Å². The zero-order chi connectivity index (χ0) is 13.0. The highest BCUT2D eigenvalue weighted by molar-refractivity contribution is 7.85. The van der Waals surface area contributed by atoms with Crippen molar-refractivity contribution in [1.29, 1.82) is 0 Å². The lowest BCUT2D eigenvalue weighted by atomic mass is 10.2. The second-order valence-corrected chi connectivity index (χ2v) is 5.18. The van der Waals surface area contributed by atoms with Gasteiger partial charge in [-0.05, 0) is 31.8 Å². The van der Waals surface area contributed by atoms with Crippen LogP contribution in [-0.2, 0) is 22.2 Å². The Balaban J connectivity index is 3.01. The van der Waals surface area contributed by atoms with Gasteiger partial charge in [-0.1, -0.05) is 6.07 Å². The molecule has 1 atom stereocenters. The number of amides is 1. The van der Waals surface area contributed by atoms with Crippen LogP contribution in [0, 0.1) is 5.82 Å². The first-order valence-corrected chi connectivity index (χ1v) is 6.29. The van der Waals surface area contributed by atoms with Crippen molar-refractivity contribution >= 4 is 16.8 Å². The van der Waals surface area contributed by atoms with Crippen LogP contribution in [-0.4, -0.2) is 24.9 Å². The summed E-state index contributed by atoms with van der Waals surface area (Å²) in [5.74, 6) is -0.812. The van der Waals surface area contributed by atoms with Crippen molar-refractivity contribution in [1.82, 2.24) is 4.90 Å². The Morgan fingerprint density at radius 1 is 1.53 bits per heavy atom. The number of hydrogen-bond donors (Lipinski definition) is 1. The van der Waals surface area contributed by atoms with E-state index in [1.807, 2.05) is 19.0 Å². The van der Waals surface area contributed by atoms with Crippen molar-refractivity contribution in [2.45, 2.75) is 18.4 Å². The third-order valence-corrected chi connectivity index (χ3v) is 3.18. The zero-order valence-electron chi connectivity index (χ0n) is 10.1. The molecule has 0 saturated carbocycles. The van der Waals surface area contributed by atoms with Gasteiger partial charge in [0.25, 0.3) is 0 Å². The molecule has 94 valence electrons. The summed E-state index contributed by atoms with van der Waals surface area (Å²) in [5.41, 5.74) is 0.857. The normalized spacial score (nSPS) is 13.1. The molecule has 0 fully saturated rings. The van der Waals surface area contributed by atoms with E-state index < -0.39 is 22.6 Å². The van der Waals surface area contributed by atoms with Crippen molar-refractivity contribution < 1.29 is 9.18 Å². The predicted octanol–water partition coefficient (Wildman–Crippen LogP) is 1.47. The summed E-state index contributed by atoms with van der Waals surface area (Å²) in [6.45, 7) is 1.95. The molecule has 0 bridgehead atoms. The van der Waals surface area contributed by atoms with Crippen LogP contribution in [0.5, 0.6) is 0 Å². The van der Waals surface area contributed by atoms with E-state index in [0.717, 1.165) is 5.56 Å². The minimum atomic E-state index is -1.21. The first kappa shape index (κ1) is 14.0. The highest BCUT2D eigenvalue weighted by Gasteiger charge is 2.07. The maximum Gasteiger partial charge on any atom is 0.249 e. The Bertz CT molecular complexity index is 460. The van der Waals surface area contributed by atoms with Gasteiger partial charge in [-0.25, -0.2) is 4.39 Å². The molecule has 0 aliphatic carbocycles. The molecule has 4 nitrogen and oxygen atoms in total. The van der Waals surface area contributed by atoms with Crippen molar-refractivity contribution in [3.63, 3.8) is 0 Å². The van der Waals surface area contributed by atoms with Crippen LogP contribution in [0.15, 0.2) is 27.5 Å². The van der Waals surface area contributed by atoms with Crippen molar-refractivity contribution in [2.24, 2.45) is 9.50 Å². The van der Waals surface area contributed by atoms with Gasteiger partial charge in [0.05, 0.1) is 4.90 Å². The highest BCUT2D eigenvalue weighted by Crippen LogP contribution is 2.14. The third-order valence-electron chi connectivity index (χ3n) is 1.95. The lowest BCUT2D eigenvalue weighted by molar-refractivity contribution is -0.115.